The number of hydrogen-bond acceptors (Lipinski definition) is 5. The number of aryl methyl sites for hydroxylation is 2. The van der Waals surface area contributed by atoms with Crippen LogP contribution >= 0.6 is 0 Å². The number of alkyl halides is 2. The van der Waals surface area contributed by atoms with Crippen molar-refractivity contribution in [1.29, 1.82) is 0 Å². The fourth-order valence-corrected chi connectivity index (χ4v) is 2.96. The molecule has 0 unspecified atom stereocenters. The largest absolute Gasteiger partial charge is 0.350 e. The van der Waals surface area contributed by atoms with Crippen LogP contribution in [0.5, 0.6) is 0 Å². The van der Waals surface area contributed by atoms with Gasteiger partial charge in [-0.1, -0.05) is 0 Å². The third-order valence-electron chi connectivity index (χ3n) is 4.59. The van der Waals surface area contributed by atoms with Gasteiger partial charge in [0.05, 0.1) is 18.1 Å². The number of hydrogen-bond donors (Lipinski definition) is 1. The summed E-state index contributed by atoms with van der Waals surface area (Å²) in [6, 6.07) is 1.32. The Hall–Kier alpha value is -2.84. The first-order chi connectivity index (χ1) is 12.9. The van der Waals surface area contributed by atoms with Crippen LogP contribution in [0.25, 0.3) is 11.3 Å². The molecule has 0 bridgehead atoms. The molecule has 0 spiro atoms. The van der Waals surface area contributed by atoms with Gasteiger partial charge >= 0.3 is 0 Å². The Morgan fingerprint density at radius 3 is 2.26 bits per heavy atom. The molecule has 0 saturated heterocycles. The Morgan fingerprint density at radius 1 is 1.00 bits per heavy atom. The lowest BCUT2D eigenvalue weighted by atomic mass is 10.1. The topological polar surface area (TPSA) is 73.5 Å². The summed E-state index contributed by atoms with van der Waals surface area (Å²) in [6.45, 7) is 9.73. The van der Waals surface area contributed by atoms with E-state index in [1.54, 1.807) is 17.1 Å². The predicted molar refractivity (Wildman–Crippen MR) is 98.6 cm³/mol. The van der Waals surface area contributed by atoms with Crippen LogP contribution in [0.2, 0.25) is 0 Å². The van der Waals surface area contributed by atoms with Gasteiger partial charge in [-0.2, -0.15) is 10.2 Å². The van der Waals surface area contributed by atoms with Crippen molar-refractivity contribution >= 4 is 5.95 Å². The van der Waals surface area contributed by atoms with E-state index < -0.39 is 6.43 Å². The van der Waals surface area contributed by atoms with Crippen LogP contribution in [0.4, 0.5) is 14.7 Å². The van der Waals surface area contributed by atoms with E-state index in [1.165, 1.54) is 6.07 Å². The minimum absolute atomic E-state index is 0.162. The molecule has 0 saturated carbocycles. The van der Waals surface area contributed by atoms with E-state index in [4.69, 9.17) is 0 Å². The second kappa shape index (κ2) is 7.81. The standard InChI is InChI=1S/C18H23F2N7/c1-5-26-11(3)13(9-22-26)8-21-18-24-15(7-16(25-18)17(19)20)14-10-23-27(6-2)12(14)4/h7,9-10,17H,5-6,8H2,1-4H3,(H,21,24,25). The minimum Gasteiger partial charge on any atom is -0.350 e. The fourth-order valence-electron chi connectivity index (χ4n) is 2.96. The maximum atomic E-state index is 13.3. The van der Waals surface area contributed by atoms with Crippen molar-refractivity contribution in [2.24, 2.45) is 0 Å². The summed E-state index contributed by atoms with van der Waals surface area (Å²) in [6.07, 6.45) is 0.729. The van der Waals surface area contributed by atoms with Gasteiger partial charge in [-0.3, -0.25) is 9.36 Å². The summed E-state index contributed by atoms with van der Waals surface area (Å²) in [5.41, 5.74) is 3.71. The first kappa shape index (κ1) is 18.9. The van der Waals surface area contributed by atoms with Crippen LogP contribution in [0.3, 0.4) is 0 Å². The number of aromatic nitrogens is 6. The highest BCUT2D eigenvalue weighted by Crippen LogP contribution is 2.27. The van der Waals surface area contributed by atoms with Crippen LogP contribution in [0.1, 0.15) is 42.9 Å². The molecule has 144 valence electrons. The molecule has 0 amide bonds. The van der Waals surface area contributed by atoms with Crippen LogP contribution < -0.4 is 5.32 Å². The number of anilines is 1. The molecular formula is C18H23F2N7. The van der Waals surface area contributed by atoms with Crippen molar-refractivity contribution in [3.63, 3.8) is 0 Å². The second-order valence-corrected chi connectivity index (χ2v) is 6.19. The lowest BCUT2D eigenvalue weighted by molar-refractivity contribution is 0.146. The van der Waals surface area contributed by atoms with Crippen molar-refractivity contribution < 1.29 is 8.78 Å². The van der Waals surface area contributed by atoms with Crippen molar-refractivity contribution in [1.82, 2.24) is 29.5 Å². The zero-order valence-corrected chi connectivity index (χ0v) is 15.9. The molecule has 3 aromatic heterocycles. The molecule has 7 nitrogen and oxygen atoms in total. The van der Waals surface area contributed by atoms with Gasteiger partial charge in [0.15, 0.2) is 0 Å². The molecule has 0 aliphatic rings. The van der Waals surface area contributed by atoms with Gasteiger partial charge in [0.2, 0.25) is 5.95 Å². The third-order valence-corrected chi connectivity index (χ3v) is 4.59. The second-order valence-electron chi connectivity index (χ2n) is 6.19. The Balaban J connectivity index is 1.91. The van der Waals surface area contributed by atoms with Gasteiger partial charge in [-0.15, -0.1) is 0 Å². The van der Waals surface area contributed by atoms with Gasteiger partial charge in [0.25, 0.3) is 6.43 Å². The molecule has 0 aliphatic heterocycles. The van der Waals surface area contributed by atoms with Crippen molar-refractivity contribution in [2.45, 2.75) is 53.8 Å². The maximum Gasteiger partial charge on any atom is 0.280 e. The van der Waals surface area contributed by atoms with Crippen molar-refractivity contribution in [3.05, 3.63) is 41.1 Å². The van der Waals surface area contributed by atoms with Crippen LogP contribution in [0.15, 0.2) is 18.5 Å². The van der Waals surface area contributed by atoms with E-state index in [0.29, 0.717) is 18.8 Å². The van der Waals surface area contributed by atoms with Gasteiger partial charge in [0, 0.05) is 42.1 Å². The minimum atomic E-state index is -2.68. The predicted octanol–water partition coefficient (Wildman–Crippen LogP) is 3.74. The Labute approximate surface area is 156 Å². The number of rotatable bonds is 7. The molecule has 0 aromatic carbocycles. The van der Waals surface area contributed by atoms with Gasteiger partial charge < -0.3 is 5.32 Å². The number of nitrogens with zero attached hydrogens (tertiary/aromatic N) is 6. The Kier molecular flexibility index (Phi) is 5.48. The zero-order valence-electron chi connectivity index (χ0n) is 15.9. The Morgan fingerprint density at radius 2 is 1.67 bits per heavy atom. The summed E-state index contributed by atoms with van der Waals surface area (Å²) in [4.78, 5) is 8.39. The van der Waals surface area contributed by atoms with E-state index in [9.17, 15) is 8.78 Å². The molecule has 9 heteroatoms. The normalized spacial score (nSPS) is 11.4. The van der Waals surface area contributed by atoms with E-state index >= 15 is 0 Å². The highest BCUT2D eigenvalue weighted by molar-refractivity contribution is 5.62. The lowest BCUT2D eigenvalue weighted by Gasteiger charge is -2.10. The summed E-state index contributed by atoms with van der Waals surface area (Å²) >= 11 is 0. The van der Waals surface area contributed by atoms with Gasteiger partial charge in [-0.25, -0.2) is 18.7 Å². The quantitative estimate of drug-likeness (QED) is 0.681. The smallest absolute Gasteiger partial charge is 0.280 e. The summed E-state index contributed by atoms with van der Waals surface area (Å²) in [7, 11) is 0. The average Bonchev–Trinajstić information content (AvgIpc) is 3.21. The molecule has 0 atom stereocenters. The molecule has 27 heavy (non-hydrogen) atoms. The fraction of sp³-hybridized carbons (Fsp3) is 0.444. The van der Waals surface area contributed by atoms with E-state index in [1.807, 2.05) is 32.4 Å². The number of nitrogens with one attached hydrogen (secondary N) is 1. The summed E-state index contributed by atoms with van der Waals surface area (Å²) < 4.78 is 30.4. The van der Waals surface area contributed by atoms with Crippen molar-refractivity contribution in [3.8, 4) is 11.3 Å². The number of halogens is 2. The van der Waals surface area contributed by atoms with E-state index in [2.05, 4.69) is 25.5 Å². The molecule has 1 N–H and O–H groups in total. The van der Waals surface area contributed by atoms with Crippen LogP contribution in [-0.2, 0) is 19.6 Å². The highest BCUT2D eigenvalue weighted by Gasteiger charge is 2.17. The highest BCUT2D eigenvalue weighted by atomic mass is 19.3. The van der Waals surface area contributed by atoms with Gasteiger partial charge in [-0.05, 0) is 33.8 Å². The molecule has 3 aromatic rings. The van der Waals surface area contributed by atoms with Crippen LogP contribution in [0, 0.1) is 13.8 Å². The molecule has 0 aliphatic carbocycles. The first-order valence-corrected chi connectivity index (χ1v) is 8.89. The monoisotopic (exact) mass is 375 g/mol. The SMILES string of the molecule is CCn1ncc(CNc2nc(-c3cnn(CC)c3C)cc(C(F)F)n2)c1C. The maximum absolute atomic E-state index is 13.3. The zero-order chi connectivity index (χ0) is 19.6. The van der Waals surface area contributed by atoms with E-state index in [-0.39, 0.29) is 11.6 Å². The summed E-state index contributed by atoms with van der Waals surface area (Å²) in [5.74, 6) is 0.162. The van der Waals surface area contributed by atoms with Crippen LogP contribution in [-0.4, -0.2) is 29.5 Å². The summed E-state index contributed by atoms with van der Waals surface area (Å²) in [5, 5.41) is 11.6. The first-order valence-electron chi connectivity index (χ1n) is 8.89. The molecule has 3 heterocycles. The third kappa shape index (κ3) is 3.81. The average molecular weight is 375 g/mol. The lowest BCUT2D eigenvalue weighted by Crippen LogP contribution is -2.08. The van der Waals surface area contributed by atoms with E-state index in [0.717, 1.165) is 29.1 Å². The van der Waals surface area contributed by atoms with Crippen molar-refractivity contribution in [2.75, 3.05) is 5.32 Å². The molecule has 3 rings (SSSR count). The Bertz CT molecular complexity index is 930. The molecule has 0 fully saturated rings. The molecule has 0 radical (unpaired) electrons. The molecular weight excluding hydrogens is 352 g/mol. The van der Waals surface area contributed by atoms with Gasteiger partial charge in [0.1, 0.15) is 5.69 Å².